The van der Waals surface area contributed by atoms with Crippen molar-refractivity contribution >= 4 is 23.3 Å². The number of rotatable bonds is 11. The molecule has 32 heavy (non-hydrogen) atoms. The van der Waals surface area contributed by atoms with Crippen molar-refractivity contribution in [3.63, 3.8) is 0 Å². The lowest BCUT2D eigenvalue weighted by Gasteiger charge is -2.29. The second-order valence-corrected chi connectivity index (χ2v) is 8.63. The molecule has 0 radical (unpaired) electrons. The van der Waals surface area contributed by atoms with Crippen molar-refractivity contribution in [3.05, 3.63) is 58.3 Å². The Morgan fingerprint density at radius 1 is 1.09 bits per heavy atom. The number of hydrogen-bond acceptors (Lipinski definition) is 5. The van der Waals surface area contributed by atoms with Gasteiger partial charge in [0.25, 0.3) is 0 Å². The zero-order valence-electron chi connectivity index (χ0n) is 19.6. The Hall–Kier alpha value is -3.00. The first-order valence-corrected chi connectivity index (χ1v) is 11.3. The van der Waals surface area contributed by atoms with Crippen LogP contribution in [0.15, 0.2) is 42.3 Å². The molecule has 0 saturated carbocycles. The number of amides is 3. The summed E-state index contributed by atoms with van der Waals surface area (Å²) >= 11 is 1.63. The molecule has 1 aromatic carbocycles. The summed E-state index contributed by atoms with van der Waals surface area (Å²) in [6, 6.07) is 7.60. The number of benzene rings is 1. The first kappa shape index (κ1) is 25.3. The SMILES string of the molecule is C=CCN(CC(=O)N(CCc1ccc(OC)c(OC)c1)Cc1sccc1C)C(=O)N(C)C. The van der Waals surface area contributed by atoms with E-state index in [-0.39, 0.29) is 18.5 Å². The van der Waals surface area contributed by atoms with Crippen molar-refractivity contribution in [2.75, 3.05) is 47.9 Å². The summed E-state index contributed by atoms with van der Waals surface area (Å²) < 4.78 is 10.7. The zero-order valence-corrected chi connectivity index (χ0v) is 20.4. The molecule has 0 aliphatic rings. The predicted octanol–water partition coefficient (Wildman–Crippen LogP) is 3.81. The van der Waals surface area contributed by atoms with Crippen LogP contribution in [0.25, 0.3) is 0 Å². The smallest absolute Gasteiger partial charge is 0.320 e. The van der Waals surface area contributed by atoms with Gasteiger partial charge in [0.1, 0.15) is 6.54 Å². The highest BCUT2D eigenvalue weighted by Crippen LogP contribution is 2.28. The highest BCUT2D eigenvalue weighted by Gasteiger charge is 2.22. The van der Waals surface area contributed by atoms with E-state index in [2.05, 4.69) is 12.6 Å². The van der Waals surface area contributed by atoms with Crippen molar-refractivity contribution in [2.45, 2.75) is 19.9 Å². The molecule has 0 fully saturated rings. The van der Waals surface area contributed by atoms with Crippen LogP contribution in [-0.4, -0.2) is 74.6 Å². The van der Waals surface area contributed by atoms with Crippen LogP contribution in [-0.2, 0) is 17.8 Å². The molecule has 7 nitrogen and oxygen atoms in total. The normalized spacial score (nSPS) is 10.4. The Labute approximate surface area is 194 Å². The highest BCUT2D eigenvalue weighted by atomic mass is 32.1. The lowest BCUT2D eigenvalue weighted by Crippen LogP contribution is -2.46. The summed E-state index contributed by atoms with van der Waals surface area (Å²) in [6.45, 7) is 7.09. The number of thiophene rings is 1. The van der Waals surface area contributed by atoms with Crippen LogP contribution in [0.5, 0.6) is 11.5 Å². The highest BCUT2D eigenvalue weighted by molar-refractivity contribution is 7.10. The van der Waals surface area contributed by atoms with Crippen molar-refractivity contribution in [2.24, 2.45) is 0 Å². The van der Waals surface area contributed by atoms with E-state index >= 15 is 0 Å². The van der Waals surface area contributed by atoms with Crippen LogP contribution in [0, 0.1) is 6.92 Å². The number of hydrogen-bond donors (Lipinski definition) is 0. The van der Waals surface area contributed by atoms with Crippen molar-refractivity contribution < 1.29 is 19.1 Å². The summed E-state index contributed by atoms with van der Waals surface area (Å²) in [5, 5.41) is 2.03. The summed E-state index contributed by atoms with van der Waals surface area (Å²) in [5.74, 6) is 1.22. The van der Waals surface area contributed by atoms with Gasteiger partial charge in [-0.3, -0.25) is 4.79 Å². The van der Waals surface area contributed by atoms with Gasteiger partial charge in [-0.15, -0.1) is 17.9 Å². The molecular formula is C24H33N3O4S. The van der Waals surface area contributed by atoms with E-state index < -0.39 is 0 Å². The average molecular weight is 460 g/mol. The third-order valence-corrected chi connectivity index (χ3v) is 6.11. The van der Waals surface area contributed by atoms with E-state index in [0.717, 1.165) is 16.0 Å². The number of carbonyl (C=O) groups is 2. The maximum Gasteiger partial charge on any atom is 0.320 e. The van der Waals surface area contributed by atoms with Crippen LogP contribution in [0.1, 0.15) is 16.0 Å². The molecule has 174 valence electrons. The van der Waals surface area contributed by atoms with Gasteiger partial charge in [0.05, 0.1) is 20.8 Å². The Balaban J connectivity index is 2.20. The van der Waals surface area contributed by atoms with E-state index in [4.69, 9.17) is 9.47 Å². The Morgan fingerprint density at radius 3 is 2.38 bits per heavy atom. The number of carbonyl (C=O) groups excluding carboxylic acids is 2. The molecule has 0 unspecified atom stereocenters. The Bertz CT molecular complexity index is 926. The second-order valence-electron chi connectivity index (χ2n) is 7.63. The number of urea groups is 1. The topological polar surface area (TPSA) is 62.3 Å². The van der Waals surface area contributed by atoms with Crippen molar-refractivity contribution in [3.8, 4) is 11.5 Å². The van der Waals surface area contributed by atoms with Gasteiger partial charge in [0.15, 0.2) is 11.5 Å². The van der Waals surface area contributed by atoms with Gasteiger partial charge in [-0.05, 0) is 48.1 Å². The van der Waals surface area contributed by atoms with Gasteiger partial charge >= 0.3 is 6.03 Å². The van der Waals surface area contributed by atoms with E-state index in [1.165, 1.54) is 9.80 Å². The molecule has 0 saturated heterocycles. The van der Waals surface area contributed by atoms with E-state index in [9.17, 15) is 9.59 Å². The van der Waals surface area contributed by atoms with Gasteiger partial charge in [-0.1, -0.05) is 12.1 Å². The number of ether oxygens (including phenoxy) is 2. The second kappa shape index (κ2) is 12.1. The fraction of sp³-hybridized carbons (Fsp3) is 0.417. The van der Waals surface area contributed by atoms with Gasteiger partial charge < -0.3 is 24.2 Å². The summed E-state index contributed by atoms with van der Waals surface area (Å²) in [5.41, 5.74) is 2.20. The monoisotopic (exact) mass is 459 g/mol. The Morgan fingerprint density at radius 2 is 1.81 bits per heavy atom. The first-order chi connectivity index (χ1) is 15.3. The van der Waals surface area contributed by atoms with Gasteiger partial charge in [0.2, 0.25) is 5.91 Å². The molecule has 0 N–H and O–H groups in total. The summed E-state index contributed by atoms with van der Waals surface area (Å²) in [7, 11) is 6.55. The third kappa shape index (κ3) is 6.75. The maximum absolute atomic E-state index is 13.3. The number of methoxy groups -OCH3 is 2. The fourth-order valence-corrected chi connectivity index (χ4v) is 4.16. The zero-order chi connectivity index (χ0) is 23.7. The average Bonchev–Trinajstić information content (AvgIpc) is 3.19. The fourth-order valence-electron chi connectivity index (χ4n) is 3.24. The van der Waals surface area contributed by atoms with Gasteiger partial charge in [-0.2, -0.15) is 0 Å². The molecule has 2 rings (SSSR count). The molecule has 3 amide bonds. The van der Waals surface area contributed by atoms with E-state index in [0.29, 0.717) is 37.6 Å². The summed E-state index contributed by atoms with van der Waals surface area (Å²) in [6.07, 6.45) is 2.28. The van der Waals surface area contributed by atoms with Crippen LogP contribution in [0.3, 0.4) is 0 Å². The van der Waals surface area contributed by atoms with Gasteiger partial charge in [0, 0.05) is 32.1 Å². The molecule has 1 aromatic heterocycles. The minimum absolute atomic E-state index is 0.000605. The predicted molar refractivity (Wildman–Crippen MR) is 129 cm³/mol. The lowest BCUT2D eigenvalue weighted by molar-refractivity contribution is -0.132. The molecule has 8 heteroatoms. The molecule has 1 heterocycles. The molecule has 0 bridgehead atoms. The molecule has 0 aliphatic heterocycles. The van der Waals surface area contributed by atoms with Crippen LogP contribution in [0.4, 0.5) is 4.79 Å². The van der Waals surface area contributed by atoms with Crippen LogP contribution >= 0.6 is 11.3 Å². The van der Waals surface area contributed by atoms with E-state index in [1.807, 2.05) is 35.4 Å². The lowest BCUT2D eigenvalue weighted by atomic mass is 10.1. The molecule has 0 atom stereocenters. The molecular weight excluding hydrogens is 426 g/mol. The largest absolute Gasteiger partial charge is 0.493 e. The summed E-state index contributed by atoms with van der Waals surface area (Å²) in [4.78, 5) is 31.7. The minimum atomic E-state index is -0.217. The van der Waals surface area contributed by atoms with Crippen LogP contribution < -0.4 is 9.47 Å². The molecule has 0 spiro atoms. The third-order valence-electron chi connectivity index (χ3n) is 5.10. The first-order valence-electron chi connectivity index (χ1n) is 10.4. The quantitative estimate of drug-likeness (QED) is 0.480. The maximum atomic E-state index is 13.3. The Kier molecular flexibility index (Phi) is 9.59. The molecule has 0 aliphatic carbocycles. The van der Waals surface area contributed by atoms with Crippen LogP contribution in [0.2, 0.25) is 0 Å². The van der Waals surface area contributed by atoms with Gasteiger partial charge in [-0.25, -0.2) is 4.79 Å². The minimum Gasteiger partial charge on any atom is -0.493 e. The van der Waals surface area contributed by atoms with E-state index in [1.54, 1.807) is 45.7 Å². The van der Waals surface area contributed by atoms with Crippen molar-refractivity contribution in [1.29, 1.82) is 0 Å². The number of aryl methyl sites for hydroxylation is 1. The van der Waals surface area contributed by atoms with Crippen molar-refractivity contribution in [1.82, 2.24) is 14.7 Å². The molecule has 2 aromatic rings. The standard InChI is InChI=1S/C24H33N3O4S/c1-7-12-27(24(29)25(3)4)17-23(28)26(16-22-18(2)11-14-32-22)13-10-19-8-9-20(30-5)21(15-19)31-6/h7-9,11,14-15H,1,10,12-13,16-17H2,2-6H3. The number of nitrogens with zero attached hydrogens (tertiary/aromatic N) is 3.